The number of carbonyl (C=O) groups is 1. The number of rotatable bonds is 4. The van der Waals surface area contributed by atoms with Crippen LogP contribution >= 0.6 is 11.3 Å². The molecule has 0 unspecified atom stereocenters. The summed E-state index contributed by atoms with van der Waals surface area (Å²) >= 11 is 1.53. The molecule has 0 aliphatic carbocycles. The highest BCUT2D eigenvalue weighted by Crippen LogP contribution is 2.41. The fraction of sp³-hybridized carbons (Fsp3) is 0.0500. The summed E-state index contributed by atoms with van der Waals surface area (Å²) in [6.07, 6.45) is 1.47. The third-order valence-electron chi connectivity index (χ3n) is 4.17. The summed E-state index contributed by atoms with van der Waals surface area (Å²) in [6, 6.07) is 12.8. The van der Waals surface area contributed by atoms with Crippen LogP contribution in [0.2, 0.25) is 0 Å². The minimum Gasteiger partial charge on any atom is -0.478 e. The highest BCUT2D eigenvalue weighted by molar-refractivity contribution is 7.19. The zero-order chi connectivity index (χ0) is 19.0. The zero-order valence-corrected chi connectivity index (χ0v) is 15.0. The summed E-state index contributed by atoms with van der Waals surface area (Å²) in [5.41, 5.74) is 2.61. The maximum atomic E-state index is 13.3. The molecule has 0 fully saturated rings. The summed E-state index contributed by atoms with van der Waals surface area (Å²) in [4.78, 5) is 21.8. The largest absolute Gasteiger partial charge is 0.478 e. The van der Waals surface area contributed by atoms with Crippen molar-refractivity contribution in [3.8, 4) is 11.1 Å². The first-order valence-electron chi connectivity index (χ1n) is 8.13. The van der Waals surface area contributed by atoms with Crippen LogP contribution in [0.5, 0.6) is 0 Å². The normalized spacial score (nSPS) is 10.9. The second-order valence-corrected chi connectivity index (χ2v) is 7.16. The molecule has 0 radical (unpaired) electrons. The highest BCUT2D eigenvalue weighted by Gasteiger charge is 2.17. The SMILES string of the molecule is Cc1sc2ncnc(Nc3cccc(C(=O)O)c3)c2c1-c1ccc(F)cc1. The molecule has 4 aromatic rings. The van der Waals surface area contributed by atoms with Gasteiger partial charge in [-0.05, 0) is 42.8 Å². The van der Waals surface area contributed by atoms with E-state index in [2.05, 4.69) is 15.3 Å². The van der Waals surface area contributed by atoms with E-state index in [1.54, 1.807) is 30.3 Å². The highest BCUT2D eigenvalue weighted by atomic mass is 32.1. The van der Waals surface area contributed by atoms with E-state index in [9.17, 15) is 14.3 Å². The molecular formula is C20H14FN3O2S. The van der Waals surface area contributed by atoms with E-state index in [1.807, 2.05) is 6.92 Å². The minimum atomic E-state index is -0.995. The number of halogens is 1. The molecule has 5 nitrogen and oxygen atoms in total. The number of aromatic carboxylic acids is 1. The first-order chi connectivity index (χ1) is 13.0. The van der Waals surface area contributed by atoms with Gasteiger partial charge in [0.25, 0.3) is 0 Å². The lowest BCUT2D eigenvalue weighted by Crippen LogP contribution is -1.99. The molecule has 0 aliphatic rings. The fourth-order valence-corrected chi connectivity index (χ4v) is 3.98. The Hall–Kier alpha value is -3.32. The fourth-order valence-electron chi connectivity index (χ4n) is 2.97. The number of benzene rings is 2. The number of fused-ring (bicyclic) bond motifs is 1. The number of hydrogen-bond acceptors (Lipinski definition) is 5. The van der Waals surface area contributed by atoms with Crippen molar-refractivity contribution in [2.24, 2.45) is 0 Å². The predicted molar refractivity (Wildman–Crippen MR) is 104 cm³/mol. The van der Waals surface area contributed by atoms with Crippen LogP contribution in [-0.4, -0.2) is 21.0 Å². The number of hydrogen-bond donors (Lipinski definition) is 2. The number of nitrogens with zero attached hydrogens (tertiary/aromatic N) is 2. The molecule has 0 spiro atoms. The molecule has 2 aromatic carbocycles. The Labute approximate surface area is 158 Å². The molecule has 0 saturated carbocycles. The van der Waals surface area contributed by atoms with Crippen molar-refractivity contribution >= 4 is 39.0 Å². The molecule has 0 atom stereocenters. The van der Waals surface area contributed by atoms with Gasteiger partial charge in [-0.2, -0.15) is 0 Å². The van der Waals surface area contributed by atoms with E-state index in [1.165, 1.54) is 35.9 Å². The van der Waals surface area contributed by atoms with Gasteiger partial charge in [0.05, 0.1) is 10.9 Å². The quantitative estimate of drug-likeness (QED) is 0.507. The predicted octanol–water partition coefficient (Wildman–Crippen LogP) is 5.25. The van der Waals surface area contributed by atoms with Crippen LogP contribution in [0, 0.1) is 12.7 Å². The lowest BCUT2D eigenvalue weighted by molar-refractivity contribution is 0.0697. The van der Waals surface area contributed by atoms with E-state index < -0.39 is 5.97 Å². The number of aryl methyl sites for hydroxylation is 1. The summed E-state index contributed by atoms with van der Waals surface area (Å²) < 4.78 is 13.3. The Bertz CT molecular complexity index is 1160. The summed E-state index contributed by atoms with van der Waals surface area (Å²) in [7, 11) is 0. The molecule has 4 rings (SSSR count). The van der Waals surface area contributed by atoms with E-state index >= 15 is 0 Å². The number of carboxylic acid groups (broad SMARTS) is 1. The van der Waals surface area contributed by atoms with Crippen molar-refractivity contribution in [2.45, 2.75) is 6.92 Å². The van der Waals surface area contributed by atoms with Crippen molar-refractivity contribution in [1.82, 2.24) is 9.97 Å². The monoisotopic (exact) mass is 379 g/mol. The second kappa shape index (κ2) is 6.77. The van der Waals surface area contributed by atoms with Gasteiger partial charge in [0, 0.05) is 16.1 Å². The van der Waals surface area contributed by atoms with Crippen LogP contribution in [0.15, 0.2) is 54.9 Å². The van der Waals surface area contributed by atoms with Crippen molar-refractivity contribution in [2.75, 3.05) is 5.32 Å². The minimum absolute atomic E-state index is 0.186. The van der Waals surface area contributed by atoms with Crippen LogP contribution in [0.25, 0.3) is 21.3 Å². The summed E-state index contributed by atoms with van der Waals surface area (Å²) in [5, 5.41) is 13.2. The molecule has 0 bridgehead atoms. The van der Waals surface area contributed by atoms with Crippen LogP contribution in [0.1, 0.15) is 15.2 Å². The first-order valence-corrected chi connectivity index (χ1v) is 8.95. The molecule has 0 aliphatic heterocycles. The standard InChI is InChI=1S/C20H14FN3O2S/c1-11-16(12-5-7-14(21)8-6-12)17-18(22-10-23-19(17)27-11)24-15-4-2-3-13(9-15)20(25)26/h2-10H,1H3,(H,25,26)(H,22,23,24). The van der Waals surface area contributed by atoms with Crippen molar-refractivity contribution in [3.63, 3.8) is 0 Å². The van der Waals surface area contributed by atoms with E-state index in [0.29, 0.717) is 11.5 Å². The number of aromatic nitrogens is 2. The molecule has 2 heterocycles. The number of thiophene rings is 1. The van der Waals surface area contributed by atoms with E-state index in [-0.39, 0.29) is 11.4 Å². The Morgan fingerprint density at radius 2 is 1.93 bits per heavy atom. The van der Waals surface area contributed by atoms with Gasteiger partial charge >= 0.3 is 5.97 Å². The third-order valence-corrected chi connectivity index (χ3v) is 5.18. The average molecular weight is 379 g/mol. The number of anilines is 2. The number of nitrogens with one attached hydrogen (secondary N) is 1. The third kappa shape index (κ3) is 3.24. The molecule has 2 N–H and O–H groups in total. The van der Waals surface area contributed by atoms with E-state index in [4.69, 9.17) is 0 Å². The van der Waals surface area contributed by atoms with E-state index in [0.717, 1.165) is 26.2 Å². The molecular weight excluding hydrogens is 365 g/mol. The molecule has 0 amide bonds. The summed E-state index contributed by atoms with van der Waals surface area (Å²) in [5.74, 6) is -0.716. The van der Waals surface area contributed by atoms with Gasteiger partial charge in [-0.1, -0.05) is 18.2 Å². The molecule has 2 aromatic heterocycles. The smallest absolute Gasteiger partial charge is 0.335 e. The Kier molecular flexibility index (Phi) is 4.29. The maximum absolute atomic E-state index is 13.3. The van der Waals surface area contributed by atoms with Crippen LogP contribution < -0.4 is 5.32 Å². The Balaban J connectivity index is 1.85. The molecule has 7 heteroatoms. The maximum Gasteiger partial charge on any atom is 0.335 e. The van der Waals surface area contributed by atoms with Gasteiger partial charge in [0.15, 0.2) is 0 Å². The lowest BCUT2D eigenvalue weighted by atomic mass is 10.0. The Morgan fingerprint density at radius 3 is 2.67 bits per heavy atom. The van der Waals surface area contributed by atoms with Crippen molar-refractivity contribution in [3.05, 3.63) is 71.1 Å². The van der Waals surface area contributed by atoms with Crippen molar-refractivity contribution in [1.29, 1.82) is 0 Å². The van der Waals surface area contributed by atoms with Gasteiger partial charge < -0.3 is 10.4 Å². The topological polar surface area (TPSA) is 75.1 Å². The van der Waals surface area contributed by atoms with Gasteiger partial charge in [-0.15, -0.1) is 11.3 Å². The number of carboxylic acids is 1. The molecule has 27 heavy (non-hydrogen) atoms. The van der Waals surface area contributed by atoms with Gasteiger partial charge in [0.1, 0.15) is 22.8 Å². The van der Waals surface area contributed by atoms with Crippen LogP contribution in [0.4, 0.5) is 15.9 Å². The second-order valence-electron chi connectivity index (χ2n) is 5.95. The summed E-state index contributed by atoms with van der Waals surface area (Å²) in [6.45, 7) is 1.99. The Morgan fingerprint density at radius 1 is 1.15 bits per heavy atom. The molecule has 0 saturated heterocycles. The van der Waals surface area contributed by atoms with Gasteiger partial charge in [-0.25, -0.2) is 19.2 Å². The first kappa shape index (κ1) is 17.1. The zero-order valence-electron chi connectivity index (χ0n) is 14.2. The van der Waals surface area contributed by atoms with Gasteiger partial charge in [0.2, 0.25) is 0 Å². The van der Waals surface area contributed by atoms with Crippen molar-refractivity contribution < 1.29 is 14.3 Å². The molecule has 134 valence electrons. The van der Waals surface area contributed by atoms with Crippen LogP contribution in [-0.2, 0) is 0 Å². The lowest BCUT2D eigenvalue weighted by Gasteiger charge is -2.09. The van der Waals surface area contributed by atoms with Gasteiger partial charge in [-0.3, -0.25) is 0 Å². The average Bonchev–Trinajstić information content (AvgIpc) is 2.99. The van der Waals surface area contributed by atoms with Crippen LogP contribution in [0.3, 0.4) is 0 Å².